The van der Waals surface area contributed by atoms with E-state index >= 15 is 0 Å². The van der Waals surface area contributed by atoms with Gasteiger partial charge in [0.05, 0.1) is 72.3 Å². The number of aliphatic hydroxyl groups is 1. The minimum atomic E-state index is -5.17. The first-order chi connectivity index (χ1) is 50.0. The molecule has 0 aliphatic heterocycles. The monoisotopic (exact) mass is 1680 g/mol. The van der Waals surface area contributed by atoms with Gasteiger partial charge in [0.2, 0.25) is 17.7 Å². The number of amides is 10. The van der Waals surface area contributed by atoms with E-state index in [9.17, 15) is 149 Å². The zero-order chi connectivity index (χ0) is 85.9. The first-order valence-corrected chi connectivity index (χ1v) is 30.6. The van der Waals surface area contributed by atoms with Gasteiger partial charge in [0.1, 0.15) is 0 Å². The van der Waals surface area contributed by atoms with Crippen molar-refractivity contribution in [3.63, 3.8) is 0 Å². The maximum Gasteiger partial charge on any atom is 0.471 e. The van der Waals surface area contributed by atoms with Gasteiger partial charge in [-0.05, 0) is 18.2 Å². The van der Waals surface area contributed by atoms with E-state index in [0.717, 1.165) is 18.2 Å². The standard InChI is InChI=1S/C16H25N3O6.2C13H16F9N3O6.C4H6F3NO2.C4H10O3.CH4O3S/c1-4-13(20)17-7-10-23-16(24-11-8-18-14(21)5-2)25-12-9-19-15(22)6-3;2*14-11(15,16)7(26)23-1-4-29-10(30-5-2-24-8(27)12(17,18)19)31-6-3-25-9(28)13(20,21)22;5-4(6,7)3(10)8-1-2-9;1-5-4(6-2)7-3;1-5(2,3)4/h4-6,16H,1-3,7-12H2,(H,17,20)(H,18,21)(H,19,22);2*10H,1-6H2,(H,23,26)(H,24,27)(H,25,28);9H,1-2H2,(H,8,10);4H,1-3H3;1H3,(H,2,3,4). The number of carbonyl (C=O) groups excluding carboxylic acids is 10. The molecule has 0 atom stereocenters. The van der Waals surface area contributed by atoms with Crippen molar-refractivity contribution in [1.82, 2.24) is 53.2 Å². The number of carbonyl (C=O) groups is 10. The highest BCUT2D eigenvalue weighted by molar-refractivity contribution is 7.85. The molecular formula is C51H77F21N10O26S. The van der Waals surface area contributed by atoms with Gasteiger partial charge in [-0.15, -0.1) is 0 Å². The molecule has 0 heterocycles. The van der Waals surface area contributed by atoms with Gasteiger partial charge in [0, 0.05) is 86.8 Å². The van der Waals surface area contributed by atoms with Gasteiger partial charge in [-0.3, -0.25) is 52.5 Å². The summed E-state index contributed by atoms with van der Waals surface area (Å²) in [6.45, 7) is -3.19. The second kappa shape index (κ2) is 60.6. The summed E-state index contributed by atoms with van der Waals surface area (Å²) >= 11 is 0. The molecule has 0 rings (SSSR count). The molecular weight excluding hydrogens is 1600 g/mol. The topological polar surface area (TPSA) is 476 Å². The Bertz CT molecular complexity index is 2410. The molecule has 0 spiro atoms. The van der Waals surface area contributed by atoms with Gasteiger partial charge in [0.15, 0.2) is 0 Å². The van der Waals surface area contributed by atoms with Crippen molar-refractivity contribution in [1.29, 1.82) is 0 Å². The average molecular weight is 1680 g/mol. The fourth-order valence-electron chi connectivity index (χ4n) is 4.72. The van der Waals surface area contributed by atoms with Crippen molar-refractivity contribution < 1.29 is 215 Å². The number of rotatable bonds is 44. The molecule has 36 nitrogen and oxygen atoms in total. The summed E-state index contributed by atoms with van der Waals surface area (Å²) in [6.07, 6.45) is -31.7. The van der Waals surface area contributed by atoms with Gasteiger partial charge in [-0.25, -0.2) is 0 Å². The second-order valence-electron chi connectivity index (χ2n) is 17.9. The molecule has 0 saturated carbocycles. The van der Waals surface area contributed by atoms with E-state index in [-0.39, 0.29) is 63.7 Å². The molecule has 0 saturated heterocycles. The highest BCUT2D eigenvalue weighted by Crippen LogP contribution is 2.18. The van der Waals surface area contributed by atoms with E-state index in [1.165, 1.54) is 58.5 Å². The third-order valence-corrected chi connectivity index (χ3v) is 9.15. The first kappa shape index (κ1) is 112. The molecule has 0 aliphatic rings. The summed E-state index contributed by atoms with van der Waals surface area (Å²) in [4.78, 5) is 107. The van der Waals surface area contributed by atoms with Crippen molar-refractivity contribution in [2.75, 3.05) is 159 Å². The summed E-state index contributed by atoms with van der Waals surface area (Å²) in [6, 6.07) is 0. The van der Waals surface area contributed by atoms with Gasteiger partial charge in [-0.1, -0.05) is 19.7 Å². The quantitative estimate of drug-likeness (QED) is 0.0118. The molecule has 640 valence electrons. The van der Waals surface area contributed by atoms with E-state index in [0.29, 0.717) is 6.26 Å². The maximum absolute atomic E-state index is 12.0. The molecule has 10 amide bonds. The fraction of sp³-hybridized carbons (Fsp3) is 0.686. The normalized spacial score (nSPS) is 11.7. The van der Waals surface area contributed by atoms with E-state index in [4.69, 9.17) is 52.3 Å². The molecule has 12 N–H and O–H groups in total. The van der Waals surface area contributed by atoms with Crippen LogP contribution in [0, 0.1) is 0 Å². The zero-order valence-corrected chi connectivity index (χ0v) is 57.7. The van der Waals surface area contributed by atoms with Crippen molar-refractivity contribution >= 4 is 69.2 Å². The molecule has 58 heteroatoms. The Kier molecular flexibility index (Phi) is 62.2. The average Bonchev–Trinajstić information content (AvgIpc) is 0.939. The molecule has 0 fully saturated rings. The number of alkyl halides is 21. The smallest absolute Gasteiger partial charge is 0.395 e. The molecule has 0 aromatic rings. The first-order valence-electron chi connectivity index (χ1n) is 28.8. The van der Waals surface area contributed by atoms with Crippen LogP contribution in [-0.4, -0.2) is 305 Å². The van der Waals surface area contributed by atoms with Crippen LogP contribution in [-0.2, 0) is 115 Å². The summed E-state index contributed by atoms with van der Waals surface area (Å²) < 4.78 is 334. The molecule has 0 aliphatic carbocycles. The lowest BCUT2D eigenvalue weighted by Gasteiger charge is -2.19. The number of aliphatic hydroxyl groups excluding tert-OH is 1. The van der Waals surface area contributed by atoms with Gasteiger partial charge in [-0.2, -0.15) is 101 Å². The number of halogens is 21. The Morgan fingerprint density at radius 3 is 0.532 bits per heavy atom. The minimum absolute atomic E-state index is 0.141. The van der Waals surface area contributed by atoms with E-state index < -0.39 is 206 Å². The Hall–Kier alpha value is -8.16. The Balaban J connectivity index is -0.000000320. The maximum atomic E-state index is 12.0. The van der Waals surface area contributed by atoms with E-state index in [1.807, 2.05) is 0 Å². The number of methoxy groups -OCH3 is 3. The van der Waals surface area contributed by atoms with Crippen LogP contribution < -0.4 is 53.2 Å². The van der Waals surface area contributed by atoms with Crippen LogP contribution in [0.3, 0.4) is 0 Å². The highest BCUT2D eigenvalue weighted by Gasteiger charge is 2.42. The van der Waals surface area contributed by atoms with Crippen LogP contribution in [0.2, 0.25) is 0 Å². The largest absolute Gasteiger partial charge is 0.471 e. The summed E-state index contributed by atoms with van der Waals surface area (Å²) in [5.74, 6) is -16.7. The summed E-state index contributed by atoms with van der Waals surface area (Å²) in [5.41, 5.74) is 0. The fourth-order valence-corrected chi connectivity index (χ4v) is 4.72. The molecule has 109 heavy (non-hydrogen) atoms. The van der Waals surface area contributed by atoms with Crippen molar-refractivity contribution in [3.8, 4) is 0 Å². The van der Waals surface area contributed by atoms with E-state index in [2.05, 4.69) is 49.9 Å². The second-order valence-corrected chi connectivity index (χ2v) is 19.4. The van der Waals surface area contributed by atoms with Crippen LogP contribution in [0.4, 0.5) is 92.2 Å². The van der Waals surface area contributed by atoms with Crippen molar-refractivity contribution in [2.24, 2.45) is 0 Å². The Labute approximate surface area is 602 Å². The highest BCUT2D eigenvalue weighted by atomic mass is 32.2. The summed E-state index contributed by atoms with van der Waals surface area (Å²) in [5, 5.41) is 25.5. The predicted octanol–water partition coefficient (Wildman–Crippen LogP) is -0.693. The molecule has 0 aromatic carbocycles. The van der Waals surface area contributed by atoms with Gasteiger partial charge >= 0.3 is 84.6 Å². The molecule has 0 bridgehead atoms. The number of ether oxygens (including phenoxy) is 12. The molecule has 0 unspecified atom stereocenters. The third-order valence-electron chi connectivity index (χ3n) is 9.15. The van der Waals surface area contributed by atoms with Gasteiger partial charge < -0.3 is 115 Å². The Morgan fingerprint density at radius 1 is 0.303 bits per heavy atom. The third kappa shape index (κ3) is 75.1. The summed E-state index contributed by atoms with van der Waals surface area (Å²) in [7, 11) is 0.868. The Morgan fingerprint density at radius 2 is 0.431 bits per heavy atom. The van der Waals surface area contributed by atoms with Crippen molar-refractivity contribution in [2.45, 2.75) is 69.1 Å². The molecule has 0 radical (unpaired) electrons. The van der Waals surface area contributed by atoms with Crippen LogP contribution >= 0.6 is 0 Å². The number of nitrogens with one attached hydrogen (secondary N) is 10. The van der Waals surface area contributed by atoms with Gasteiger partial charge in [0.25, 0.3) is 36.0 Å². The van der Waals surface area contributed by atoms with Crippen molar-refractivity contribution in [3.05, 3.63) is 38.0 Å². The lowest BCUT2D eigenvalue weighted by molar-refractivity contribution is -0.286. The molecule has 0 aromatic heterocycles. The minimum Gasteiger partial charge on any atom is -0.395 e. The number of hydrogen-bond acceptors (Lipinski definition) is 25. The lowest BCUT2D eigenvalue weighted by Crippen LogP contribution is -2.41. The van der Waals surface area contributed by atoms with E-state index in [1.54, 1.807) is 0 Å². The lowest BCUT2D eigenvalue weighted by atomic mass is 10.5. The van der Waals surface area contributed by atoms with Crippen LogP contribution in [0.25, 0.3) is 0 Å². The number of hydrogen-bond donors (Lipinski definition) is 12. The SMILES string of the molecule is C=CC(=O)NCCOC(OCCNC(=O)C=C)OCCNC(=O)C=C.COC(OC)OC.CS(=O)(=O)O.O=C(NCCO)C(F)(F)F.O=C(NCCOC(OCCNC(=O)C(F)(F)F)OCCNC(=O)C(F)(F)F)C(F)(F)F.O=C(NCCOC(OCCNC(=O)C(F)(F)F)OCCNC(=O)C(F)(F)F)C(F)(F)F. The predicted molar refractivity (Wildman–Crippen MR) is 317 cm³/mol. The zero-order valence-electron chi connectivity index (χ0n) is 56.8. The van der Waals surface area contributed by atoms with Crippen LogP contribution in [0.5, 0.6) is 0 Å². The van der Waals surface area contributed by atoms with Crippen LogP contribution in [0.1, 0.15) is 0 Å². The van der Waals surface area contributed by atoms with Crippen LogP contribution in [0.15, 0.2) is 38.0 Å².